The Morgan fingerprint density at radius 2 is 2.27 bits per heavy atom. The average molecular weight is 158 g/mol. The summed E-state index contributed by atoms with van der Waals surface area (Å²) in [7, 11) is 1.97. The Balaban J connectivity index is 2.24. The molecule has 0 aromatic carbocycles. The van der Waals surface area contributed by atoms with Gasteiger partial charge in [-0.2, -0.15) is 0 Å². The first-order valence-electron chi connectivity index (χ1n) is 4.27. The Hall–Kier alpha value is -0.120. The molecule has 3 nitrogen and oxygen atoms in total. The Labute approximate surface area is 68.3 Å². The van der Waals surface area contributed by atoms with Crippen molar-refractivity contribution < 1.29 is 4.74 Å². The number of nitrogens with two attached hydrogens (primary N) is 1. The maximum atomic E-state index is 5.62. The van der Waals surface area contributed by atoms with E-state index >= 15 is 0 Å². The van der Waals surface area contributed by atoms with Gasteiger partial charge >= 0.3 is 0 Å². The molecule has 1 aliphatic rings. The SMILES string of the molecule is CCOC1CC(CN)(NC)C1. The molecule has 0 saturated heterocycles. The van der Waals surface area contributed by atoms with Gasteiger partial charge in [-0.05, 0) is 26.8 Å². The van der Waals surface area contributed by atoms with Gasteiger partial charge in [0, 0.05) is 18.7 Å². The summed E-state index contributed by atoms with van der Waals surface area (Å²) in [5.74, 6) is 0. The molecule has 0 radical (unpaired) electrons. The molecule has 0 aromatic rings. The summed E-state index contributed by atoms with van der Waals surface area (Å²) in [6, 6.07) is 0. The molecule has 0 aliphatic heterocycles. The van der Waals surface area contributed by atoms with Gasteiger partial charge in [0.1, 0.15) is 0 Å². The highest BCUT2D eigenvalue weighted by Gasteiger charge is 2.42. The van der Waals surface area contributed by atoms with Crippen LogP contribution in [0.5, 0.6) is 0 Å². The molecule has 1 aliphatic carbocycles. The fraction of sp³-hybridized carbons (Fsp3) is 1.00. The maximum absolute atomic E-state index is 5.62. The van der Waals surface area contributed by atoms with Crippen molar-refractivity contribution in [3.63, 3.8) is 0 Å². The number of ether oxygens (including phenoxy) is 1. The van der Waals surface area contributed by atoms with E-state index in [1.54, 1.807) is 0 Å². The van der Waals surface area contributed by atoms with Crippen LogP contribution in [0.15, 0.2) is 0 Å². The number of rotatable bonds is 4. The average Bonchev–Trinajstić information content (AvgIpc) is 1.96. The van der Waals surface area contributed by atoms with Gasteiger partial charge in [-0.3, -0.25) is 0 Å². The highest BCUT2D eigenvalue weighted by molar-refractivity contribution is 5.01. The van der Waals surface area contributed by atoms with Gasteiger partial charge in [0.2, 0.25) is 0 Å². The summed E-state index contributed by atoms with van der Waals surface area (Å²) in [5, 5.41) is 3.25. The minimum absolute atomic E-state index is 0.180. The van der Waals surface area contributed by atoms with E-state index < -0.39 is 0 Å². The molecule has 1 fully saturated rings. The second kappa shape index (κ2) is 3.52. The van der Waals surface area contributed by atoms with Gasteiger partial charge in [-0.25, -0.2) is 0 Å². The number of hydrogen-bond acceptors (Lipinski definition) is 3. The normalized spacial score (nSPS) is 36.8. The highest BCUT2D eigenvalue weighted by atomic mass is 16.5. The Kier molecular flexibility index (Phi) is 2.87. The monoisotopic (exact) mass is 158 g/mol. The third-order valence-electron chi connectivity index (χ3n) is 2.56. The smallest absolute Gasteiger partial charge is 0.0611 e. The van der Waals surface area contributed by atoms with E-state index in [0.29, 0.717) is 12.6 Å². The number of hydrogen-bond donors (Lipinski definition) is 2. The first-order chi connectivity index (χ1) is 5.26. The first kappa shape index (κ1) is 8.97. The fourth-order valence-corrected chi connectivity index (χ4v) is 1.64. The van der Waals surface area contributed by atoms with E-state index in [1.165, 1.54) is 0 Å². The molecule has 0 atom stereocenters. The molecule has 1 rings (SSSR count). The molecule has 0 unspecified atom stereocenters. The van der Waals surface area contributed by atoms with E-state index in [-0.39, 0.29) is 5.54 Å². The molecule has 3 N–H and O–H groups in total. The molecule has 11 heavy (non-hydrogen) atoms. The van der Waals surface area contributed by atoms with Crippen molar-refractivity contribution in [2.24, 2.45) is 5.73 Å². The van der Waals surface area contributed by atoms with Crippen LogP contribution in [-0.4, -0.2) is 31.8 Å². The zero-order valence-corrected chi connectivity index (χ0v) is 7.39. The zero-order valence-electron chi connectivity index (χ0n) is 7.39. The minimum atomic E-state index is 0.180. The lowest BCUT2D eigenvalue weighted by atomic mass is 9.74. The second-order valence-corrected chi connectivity index (χ2v) is 3.22. The lowest BCUT2D eigenvalue weighted by Crippen LogP contribution is -2.61. The quantitative estimate of drug-likeness (QED) is 0.610. The van der Waals surface area contributed by atoms with Gasteiger partial charge in [0.15, 0.2) is 0 Å². The van der Waals surface area contributed by atoms with E-state index in [1.807, 2.05) is 14.0 Å². The predicted molar refractivity (Wildman–Crippen MR) is 45.5 cm³/mol. The van der Waals surface area contributed by atoms with Crippen LogP contribution in [-0.2, 0) is 4.74 Å². The summed E-state index contributed by atoms with van der Waals surface area (Å²) in [6.45, 7) is 3.56. The Morgan fingerprint density at radius 1 is 1.64 bits per heavy atom. The summed E-state index contributed by atoms with van der Waals surface area (Å²) >= 11 is 0. The summed E-state index contributed by atoms with van der Waals surface area (Å²) in [5.41, 5.74) is 5.80. The molecular weight excluding hydrogens is 140 g/mol. The lowest BCUT2D eigenvalue weighted by molar-refractivity contribution is -0.0450. The van der Waals surface area contributed by atoms with Crippen LogP contribution < -0.4 is 11.1 Å². The zero-order chi connectivity index (χ0) is 8.32. The van der Waals surface area contributed by atoms with E-state index in [4.69, 9.17) is 10.5 Å². The van der Waals surface area contributed by atoms with Gasteiger partial charge in [0.05, 0.1) is 6.10 Å². The third kappa shape index (κ3) is 1.72. The molecule has 0 bridgehead atoms. The molecule has 0 spiro atoms. The van der Waals surface area contributed by atoms with Crippen molar-refractivity contribution in [1.29, 1.82) is 0 Å². The summed E-state index contributed by atoms with van der Waals surface area (Å²) in [4.78, 5) is 0. The molecule has 0 amide bonds. The summed E-state index contributed by atoms with van der Waals surface area (Å²) < 4.78 is 5.44. The Morgan fingerprint density at radius 3 is 2.64 bits per heavy atom. The van der Waals surface area contributed by atoms with Crippen molar-refractivity contribution in [3.05, 3.63) is 0 Å². The molecule has 66 valence electrons. The van der Waals surface area contributed by atoms with Gasteiger partial charge in [0.25, 0.3) is 0 Å². The topological polar surface area (TPSA) is 47.3 Å². The number of likely N-dealkylation sites (N-methyl/N-ethyl adjacent to an activating group) is 1. The van der Waals surface area contributed by atoms with Crippen molar-refractivity contribution in [2.45, 2.75) is 31.4 Å². The van der Waals surface area contributed by atoms with Gasteiger partial charge in [-0.1, -0.05) is 0 Å². The minimum Gasteiger partial charge on any atom is -0.378 e. The van der Waals surface area contributed by atoms with Crippen molar-refractivity contribution in [3.8, 4) is 0 Å². The van der Waals surface area contributed by atoms with Crippen LogP contribution in [0.25, 0.3) is 0 Å². The van der Waals surface area contributed by atoms with Gasteiger partial charge in [-0.15, -0.1) is 0 Å². The molecule has 1 saturated carbocycles. The van der Waals surface area contributed by atoms with Crippen LogP contribution in [0.4, 0.5) is 0 Å². The second-order valence-electron chi connectivity index (χ2n) is 3.22. The van der Waals surface area contributed by atoms with Crippen molar-refractivity contribution in [1.82, 2.24) is 5.32 Å². The van der Waals surface area contributed by atoms with E-state index in [0.717, 1.165) is 19.4 Å². The highest BCUT2D eigenvalue weighted by Crippen LogP contribution is 2.33. The molecule has 0 heterocycles. The third-order valence-corrected chi connectivity index (χ3v) is 2.56. The van der Waals surface area contributed by atoms with Crippen LogP contribution in [0.3, 0.4) is 0 Å². The van der Waals surface area contributed by atoms with E-state index in [9.17, 15) is 0 Å². The largest absolute Gasteiger partial charge is 0.378 e. The fourth-order valence-electron chi connectivity index (χ4n) is 1.64. The Bertz CT molecular complexity index is 115. The standard InChI is InChI=1S/C8H18N2O/c1-3-11-7-4-8(5-7,6-9)10-2/h7,10H,3-6,9H2,1-2H3. The van der Waals surface area contributed by atoms with Crippen LogP contribution >= 0.6 is 0 Å². The first-order valence-corrected chi connectivity index (χ1v) is 4.27. The predicted octanol–water partition coefficient (Wildman–Crippen LogP) is 0.102. The summed E-state index contributed by atoms with van der Waals surface area (Å²) in [6.07, 6.45) is 2.57. The van der Waals surface area contributed by atoms with Gasteiger partial charge < -0.3 is 15.8 Å². The maximum Gasteiger partial charge on any atom is 0.0611 e. The molecule has 3 heteroatoms. The van der Waals surface area contributed by atoms with E-state index in [2.05, 4.69) is 5.32 Å². The van der Waals surface area contributed by atoms with Crippen LogP contribution in [0, 0.1) is 0 Å². The van der Waals surface area contributed by atoms with Crippen LogP contribution in [0.1, 0.15) is 19.8 Å². The van der Waals surface area contributed by atoms with Crippen molar-refractivity contribution in [2.75, 3.05) is 20.2 Å². The molecule has 0 aromatic heterocycles. The van der Waals surface area contributed by atoms with Crippen molar-refractivity contribution >= 4 is 0 Å². The molecular formula is C8H18N2O. The lowest BCUT2D eigenvalue weighted by Gasteiger charge is -2.46. The number of nitrogens with one attached hydrogen (secondary N) is 1. The van der Waals surface area contributed by atoms with Crippen LogP contribution in [0.2, 0.25) is 0 Å².